The second-order valence-corrected chi connectivity index (χ2v) is 5.51. The highest BCUT2D eigenvalue weighted by Crippen LogP contribution is 2.26. The highest BCUT2D eigenvalue weighted by molar-refractivity contribution is 9.10. The van der Waals surface area contributed by atoms with Crippen LogP contribution in [0.4, 0.5) is 11.4 Å². The summed E-state index contributed by atoms with van der Waals surface area (Å²) >= 11 is 3.15. The van der Waals surface area contributed by atoms with E-state index < -0.39 is 16.8 Å². The Morgan fingerprint density at radius 1 is 1.21 bits per heavy atom. The zero-order valence-electron chi connectivity index (χ0n) is 12.3. The predicted octanol–water partition coefficient (Wildman–Crippen LogP) is 3.32. The summed E-state index contributed by atoms with van der Waals surface area (Å²) in [5, 5.41) is 22.5. The fourth-order valence-corrected chi connectivity index (χ4v) is 2.34. The van der Waals surface area contributed by atoms with E-state index in [9.17, 15) is 24.8 Å². The molecule has 124 valence electrons. The van der Waals surface area contributed by atoms with Crippen LogP contribution < -0.4 is 10.1 Å². The van der Waals surface area contributed by atoms with Crippen LogP contribution in [0, 0.1) is 10.1 Å². The number of amides is 1. The molecule has 0 saturated carbocycles. The summed E-state index contributed by atoms with van der Waals surface area (Å²) in [5.74, 6) is -1.81. The first-order valence-electron chi connectivity index (χ1n) is 6.50. The quantitative estimate of drug-likeness (QED) is 0.592. The van der Waals surface area contributed by atoms with Gasteiger partial charge in [0.1, 0.15) is 5.75 Å². The van der Waals surface area contributed by atoms with Gasteiger partial charge in [0, 0.05) is 16.6 Å². The molecule has 0 bridgehead atoms. The van der Waals surface area contributed by atoms with Crippen LogP contribution in [0.15, 0.2) is 40.9 Å². The molecule has 0 aliphatic rings. The lowest BCUT2D eigenvalue weighted by Crippen LogP contribution is -2.16. The zero-order chi connectivity index (χ0) is 17.9. The minimum absolute atomic E-state index is 0.0595. The average Bonchev–Trinajstić information content (AvgIpc) is 2.55. The fourth-order valence-electron chi connectivity index (χ4n) is 1.98. The van der Waals surface area contributed by atoms with Gasteiger partial charge in [-0.15, -0.1) is 0 Å². The molecule has 0 aromatic heterocycles. The Labute approximate surface area is 144 Å². The molecule has 2 aromatic carbocycles. The Hall–Kier alpha value is -2.94. The van der Waals surface area contributed by atoms with Crippen molar-refractivity contribution in [3.8, 4) is 5.75 Å². The number of methoxy groups -OCH3 is 1. The maximum absolute atomic E-state index is 12.4. The van der Waals surface area contributed by atoms with Crippen molar-refractivity contribution in [2.75, 3.05) is 12.4 Å². The van der Waals surface area contributed by atoms with Gasteiger partial charge in [-0.1, -0.05) is 15.9 Å². The topological polar surface area (TPSA) is 119 Å². The number of hydrogen-bond donors (Lipinski definition) is 2. The molecule has 0 spiro atoms. The molecule has 0 heterocycles. The lowest BCUT2D eigenvalue weighted by atomic mass is 10.1. The molecule has 2 aromatic rings. The number of nitrogens with one attached hydrogen (secondary N) is 1. The normalized spacial score (nSPS) is 10.1. The molecule has 8 nitrogen and oxygen atoms in total. The van der Waals surface area contributed by atoms with Gasteiger partial charge in [-0.2, -0.15) is 0 Å². The second kappa shape index (κ2) is 7.09. The largest absolute Gasteiger partial charge is 0.496 e. The number of benzene rings is 2. The number of hydrogen-bond acceptors (Lipinski definition) is 5. The van der Waals surface area contributed by atoms with Crippen molar-refractivity contribution in [3.63, 3.8) is 0 Å². The van der Waals surface area contributed by atoms with Crippen LogP contribution >= 0.6 is 15.9 Å². The number of carboxylic acid groups (broad SMARTS) is 1. The molecular formula is C15H11BrN2O6. The van der Waals surface area contributed by atoms with E-state index in [4.69, 9.17) is 4.74 Å². The molecule has 2 N–H and O–H groups in total. The first-order chi connectivity index (χ1) is 11.3. The molecule has 0 fully saturated rings. The lowest BCUT2D eigenvalue weighted by molar-refractivity contribution is -0.384. The van der Waals surface area contributed by atoms with Gasteiger partial charge in [0.15, 0.2) is 0 Å². The number of carbonyl (C=O) groups is 2. The van der Waals surface area contributed by atoms with Crippen molar-refractivity contribution >= 4 is 39.2 Å². The van der Waals surface area contributed by atoms with Gasteiger partial charge in [0.25, 0.3) is 11.6 Å². The van der Waals surface area contributed by atoms with E-state index in [-0.39, 0.29) is 28.3 Å². The number of anilines is 1. The third-order valence-electron chi connectivity index (χ3n) is 3.10. The molecule has 0 saturated heterocycles. The van der Waals surface area contributed by atoms with Crippen molar-refractivity contribution in [1.82, 2.24) is 0 Å². The van der Waals surface area contributed by atoms with Gasteiger partial charge >= 0.3 is 5.97 Å². The summed E-state index contributed by atoms with van der Waals surface area (Å²) in [6.07, 6.45) is 0. The second-order valence-electron chi connectivity index (χ2n) is 4.59. The summed E-state index contributed by atoms with van der Waals surface area (Å²) in [7, 11) is 1.32. The highest BCUT2D eigenvalue weighted by Gasteiger charge is 2.20. The number of nitrogens with zero attached hydrogens (tertiary/aromatic N) is 1. The molecular weight excluding hydrogens is 384 g/mol. The molecule has 0 unspecified atom stereocenters. The van der Waals surface area contributed by atoms with Crippen LogP contribution in [0.1, 0.15) is 20.7 Å². The first kappa shape index (κ1) is 17.4. The maximum Gasteiger partial charge on any atom is 0.337 e. The SMILES string of the molecule is COc1ccc([N+](=O)[O-])cc1C(=O)Nc1ccc(Br)cc1C(=O)O. The minimum Gasteiger partial charge on any atom is -0.496 e. The van der Waals surface area contributed by atoms with E-state index in [1.54, 1.807) is 6.07 Å². The number of nitro groups is 1. The number of halogens is 1. The lowest BCUT2D eigenvalue weighted by Gasteiger charge is -2.11. The minimum atomic E-state index is -1.22. The third-order valence-corrected chi connectivity index (χ3v) is 3.59. The predicted molar refractivity (Wildman–Crippen MR) is 88.7 cm³/mol. The third kappa shape index (κ3) is 3.69. The van der Waals surface area contributed by atoms with Gasteiger partial charge < -0.3 is 15.2 Å². The van der Waals surface area contributed by atoms with E-state index in [1.165, 1.54) is 31.4 Å². The summed E-state index contributed by atoms with van der Waals surface area (Å²) in [4.78, 5) is 33.9. The monoisotopic (exact) mass is 394 g/mol. The number of carboxylic acids is 1. The molecule has 0 aliphatic heterocycles. The Morgan fingerprint density at radius 2 is 1.92 bits per heavy atom. The van der Waals surface area contributed by atoms with E-state index in [0.717, 1.165) is 6.07 Å². The van der Waals surface area contributed by atoms with Crippen LogP contribution in [-0.2, 0) is 0 Å². The van der Waals surface area contributed by atoms with Crippen molar-refractivity contribution in [2.24, 2.45) is 0 Å². The van der Waals surface area contributed by atoms with Crippen LogP contribution in [-0.4, -0.2) is 29.0 Å². The van der Waals surface area contributed by atoms with Crippen molar-refractivity contribution in [2.45, 2.75) is 0 Å². The van der Waals surface area contributed by atoms with Crippen molar-refractivity contribution < 1.29 is 24.4 Å². The van der Waals surface area contributed by atoms with E-state index >= 15 is 0 Å². The Balaban J connectivity index is 2.42. The first-order valence-corrected chi connectivity index (χ1v) is 7.29. The zero-order valence-corrected chi connectivity index (χ0v) is 13.9. The van der Waals surface area contributed by atoms with Crippen LogP contribution in [0.2, 0.25) is 0 Å². The number of aromatic carboxylic acids is 1. The van der Waals surface area contributed by atoms with Gasteiger partial charge in [0.2, 0.25) is 0 Å². The molecule has 0 aliphatic carbocycles. The molecule has 1 amide bonds. The average molecular weight is 395 g/mol. The molecule has 0 radical (unpaired) electrons. The van der Waals surface area contributed by atoms with E-state index in [0.29, 0.717) is 4.47 Å². The van der Waals surface area contributed by atoms with Gasteiger partial charge in [-0.25, -0.2) is 4.79 Å². The number of carbonyl (C=O) groups excluding carboxylic acids is 1. The van der Waals surface area contributed by atoms with Crippen molar-refractivity contribution in [3.05, 3.63) is 62.1 Å². The summed E-state index contributed by atoms with van der Waals surface area (Å²) in [6.45, 7) is 0. The van der Waals surface area contributed by atoms with Crippen LogP contribution in [0.3, 0.4) is 0 Å². The van der Waals surface area contributed by atoms with Crippen LogP contribution in [0.5, 0.6) is 5.75 Å². The van der Waals surface area contributed by atoms with Crippen molar-refractivity contribution in [1.29, 1.82) is 0 Å². The Bertz CT molecular complexity index is 837. The van der Waals surface area contributed by atoms with Crippen LogP contribution in [0.25, 0.3) is 0 Å². The van der Waals surface area contributed by atoms with Gasteiger partial charge in [-0.05, 0) is 24.3 Å². The maximum atomic E-state index is 12.4. The standard InChI is InChI=1S/C15H11BrN2O6/c1-24-13-5-3-9(18(22)23)7-11(13)14(19)17-12-4-2-8(16)6-10(12)15(20)21/h2-7H,1H3,(H,17,19)(H,20,21). The Kier molecular flexibility index (Phi) is 5.14. The summed E-state index contributed by atoms with van der Waals surface area (Å²) in [5.41, 5.74) is -0.424. The number of rotatable bonds is 5. The molecule has 9 heteroatoms. The summed E-state index contributed by atoms with van der Waals surface area (Å²) in [6, 6.07) is 7.88. The van der Waals surface area contributed by atoms with Gasteiger partial charge in [0.05, 0.1) is 28.8 Å². The number of non-ortho nitro benzene ring substituents is 1. The number of ether oxygens (including phenoxy) is 1. The summed E-state index contributed by atoms with van der Waals surface area (Å²) < 4.78 is 5.56. The smallest absolute Gasteiger partial charge is 0.337 e. The fraction of sp³-hybridized carbons (Fsp3) is 0.0667. The number of nitro benzene ring substituents is 1. The van der Waals surface area contributed by atoms with E-state index in [1.807, 2.05) is 0 Å². The molecule has 2 rings (SSSR count). The molecule has 24 heavy (non-hydrogen) atoms. The van der Waals surface area contributed by atoms with E-state index in [2.05, 4.69) is 21.2 Å². The highest BCUT2D eigenvalue weighted by atomic mass is 79.9. The van der Waals surface area contributed by atoms with Gasteiger partial charge in [-0.3, -0.25) is 14.9 Å². The molecule has 0 atom stereocenters. The Morgan fingerprint density at radius 3 is 2.50 bits per heavy atom.